The first-order valence-corrected chi connectivity index (χ1v) is 10.8. The average Bonchev–Trinajstić information content (AvgIpc) is 2.52. The van der Waals surface area contributed by atoms with Crippen LogP contribution in [0, 0.1) is 0 Å². The molecule has 0 bridgehead atoms. The molecule has 0 spiro atoms. The molecule has 0 heterocycles. The van der Waals surface area contributed by atoms with E-state index in [2.05, 4.69) is 13.5 Å². The Kier molecular flexibility index (Phi) is 17.6. The van der Waals surface area contributed by atoms with Crippen molar-refractivity contribution in [2.45, 2.75) is 71.1 Å². The number of carboxylic acids is 1. The molecule has 0 unspecified atom stereocenters. The maximum atomic E-state index is 11.5. The fourth-order valence-electron chi connectivity index (χ4n) is 2.22. The lowest BCUT2D eigenvalue weighted by Crippen LogP contribution is -2.31. The highest BCUT2D eigenvalue weighted by atomic mass is 32.2. The smallest absolute Gasteiger partial charge is 0.323 e. The number of aliphatic carboxylic acids is 1. The second-order valence-corrected chi connectivity index (χ2v) is 7.76. The van der Waals surface area contributed by atoms with E-state index in [-0.39, 0.29) is 18.2 Å². The van der Waals surface area contributed by atoms with Crippen LogP contribution in [-0.4, -0.2) is 54.2 Å². The van der Waals surface area contributed by atoms with Crippen LogP contribution in [-0.2, 0) is 19.7 Å². The maximum Gasteiger partial charge on any atom is 0.323 e. The van der Waals surface area contributed by atoms with Gasteiger partial charge in [-0.2, -0.15) is 8.42 Å². The number of unbranched alkanes of at least 4 members (excludes halogenated alkanes) is 8. The SMILES string of the molecule is C=CCS(=O)(=O)O.CCCCCCCCCCCC(=O)N(C)CC(=O)O. The molecule has 2 N–H and O–H groups in total. The highest BCUT2D eigenvalue weighted by Crippen LogP contribution is 2.10. The molecule has 1 amide bonds. The molecule has 0 aliphatic rings. The summed E-state index contributed by atoms with van der Waals surface area (Å²) in [6, 6.07) is 0. The van der Waals surface area contributed by atoms with Gasteiger partial charge in [-0.3, -0.25) is 14.1 Å². The van der Waals surface area contributed by atoms with Gasteiger partial charge in [0.1, 0.15) is 6.54 Å². The molecule has 0 aliphatic heterocycles. The Hall–Kier alpha value is -1.41. The zero-order chi connectivity index (χ0) is 20.4. The van der Waals surface area contributed by atoms with Crippen LogP contribution < -0.4 is 0 Å². The van der Waals surface area contributed by atoms with E-state index in [1.54, 1.807) is 7.05 Å². The Morgan fingerprint density at radius 2 is 1.46 bits per heavy atom. The molecule has 0 radical (unpaired) electrons. The zero-order valence-electron chi connectivity index (χ0n) is 16.2. The van der Waals surface area contributed by atoms with Gasteiger partial charge in [-0.1, -0.05) is 64.4 Å². The van der Waals surface area contributed by atoms with Crippen molar-refractivity contribution in [2.24, 2.45) is 0 Å². The van der Waals surface area contributed by atoms with E-state index in [0.717, 1.165) is 18.9 Å². The van der Waals surface area contributed by atoms with E-state index in [1.165, 1.54) is 49.8 Å². The number of amides is 1. The van der Waals surface area contributed by atoms with Crippen LogP contribution in [0.15, 0.2) is 12.7 Å². The van der Waals surface area contributed by atoms with Gasteiger partial charge in [0.15, 0.2) is 0 Å². The minimum absolute atomic E-state index is 0.0645. The molecule has 154 valence electrons. The van der Waals surface area contributed by atoms with Gasteiger partial charge in [0, 0.05) is 13.5 Å². The molecular weight excluding hydrogens is 358 g/mol. The Morgan fingerprint density at radius 3 is 1.81 bits per heavy atom. The average molecular weight is 394 g/mol. The molecule has 0 saturated heterocycles. The van der Waals surface area contributed by atoms with Gasteiger partial charge >= 0.3 is 5.97 Å². The van der Waals surface area contributed by atoms with Crippen LogP contribution in [0.4, 0.5) is 0 Å². The van der Waals surface area contributed by atoms with E-state index < -0.39 is 16.1 Å². The van der Waals surface area contributed by atoms with E-state index in [9.17, 15) is 18.0 Å². The highest BCUT2D eigenvalue weighted by Gasteiger charge is 2.10. The quantitative estimate of drug-likeness (QED) is 0.265. The predicted octanol–water partition coefficient (Wildman–Crippen LogP) is 3.51. The summed E-state index contributed by atoms with van der Waals surface area (Å²) < 4.78 is 27.3. The van der Waals surface area contributed by atoms with Crippen molar-refractivity contribution in [3.8, 4) is 0 Å². The van der Waals surface area contributed by atoms with Crippen molar-refractivity contribution < 1.29 is 27.7 Å². The van der Waals surface area contributed by atoms with E-state index in [4.69, 9.17) is 9.66 Å². The minimum Gasteiger partial charge on any atom is -0.480 e. The van der Waals surface area contributed by atoms with Gasteiger partial charge in [-0.15, -0.1) is 6.58 Å². The molecule has 0 aromatic carbocycles. The van der Waals surface area contributed by atoms with Gasteiger partial charge in [-0.05, 0) is 6.42 Å². The molecule has 0 aliphatic carbocycles. The molecule has 0 rings (SSSR count). The molecule has 0 saturated carbocycles. The lowest BCUT2D eigenvalue weighted by molar-refractivity contribution is -0.143. The third-order valence-electron chi connectivity index (χ3n) is 3.62. The van der Waals surface area contributed by atoms with E-state index in [0.29, 0.717) is 6.42 Å². The molecule has 0 atom stereocenters. The summed E-state index contributed by atoms with van der Waals surface area (Å²) in [4.78, 5) is 23.3. The van der Waals surface area contributed by atoms with Gasteiger partial charge in [0.25, 0.3) is 10.1 Å². The van der Waals surface area contributed by atoms with Crippen LogP contribution in [0.5, 0.6) is 0 Å². The number of rotatable bonds is 14. The number of hydrogen-bond acceptors (Lipinski definition) is 4. The normalized spacial score (nSPS) is 10.6. The Bertz CT molecular complexity index is 490. The summed E-state index contributed by atoms with van der Waals surface area (Å²) in [7, 11) is -2.25. The van der Waals surface area contributed by atoms with Crippen molar-refractivity contribution >= 4 is 22.0 Å². The van der Waals surface area contributed by atoms with Gasteiger partial charge in [0.05, 0.1) is 5.75 Å². The third kappa shape index (κ3) is 22.6. The lowest BCUT2D eigenvalue weighted by atomic mass is 10.1. The van der Waals surface area contributed by atoms with Crippen LogP contribution in [0.25, 0.3) is 0 Å². The van der Waals surface area contributed by atoms with Gasteiger partial charge in [-0.25, -0.2) is 0 Å². The van der Waals surface area contributed by atoms with Crippen LogP contribution in [0.1, 0.15) is 71.1 Å². The Balaban J connectivity index is 0. The molecule has 0 fully saturated rings. The minimum atomic E-state index is -3.79. The second kappa shape index (κ2) is 17.0. The number of hydrogen-bond donors (Lipinski definition) is 2. The molecule has 8 heteroatoms. The van der Waals surface area contributed by atoms with Crippen molar-refractivity contribution in [3.63, 3.8) is 0 Å². The van der Waals surface area contributed by atoms with E-state index >= 15 is 0 Å². The standard InChI is InChI=1S/C15H29NO3.C3H6O3S/c1-3-4-5-6-7-8-9-10-11-12-14(17)16(2)13-15(18)19;1-2-3-7(4,5)6/h3-13H2,1-2H3,(H,18,19);2H,1,3H2,(H,4,5,6). The lowest BCUT2D eigenvalue weighted by Gasteiger charge is -2.14. The van der Waals surface area contributed by atoms with Crippen molar-refractivity contribution in [2.75, 3.05) is 19.3 Å². The molecule has 0 aromatic rings. The molecule has 26 heavy (non-hydrogen) atoms. The van der Waals surface area contributed by atoms with Crippen LogP contribution in [0.2, 0.25) is 0 Å². The summed E-state index contributed by atoms with van der Waals surface area (Å²) in [5, 5.41) is 8.57. The number of carboxylic acid groups (broad SMARTS) is 1. The maximum absolute atomic E-state index is 11.5. The highest BCUT2D eigenvalue weighted by molar-refractivity contribution is 7.85. The first-order valence-electron chi connectivity index (χ1n) is 9.15. The largest absolute Gasteiger partial charge is 0.480 e. The summed E-state index contributed by atoms with van der Waals surface area (Å²) in [6.45, 7) is 5.13. The zero-order valence-corrected chi connectivity index (χ0v) is 17.0. The monoisotopic (exact) mass is 393 g/mol. The van der Waals surface area contributed by atoms with Crippen LogP contribution >= 0.6 is 0 Å². The molecular formula is C18H35NO6S. The first-order chi connectivity index (χ1) is 12.1. The predicted molar refractivity (Wildman–Crippen MR) is 104 cm³/mol. The van der Waals surface area contributed by atoms with E-state index in [1.807, 2.05) is 0 Å². The Morgan fingerprint density at radius 1 is 1.00 bits per heavy atom. The van der Waals surface area contributed by atoms with Crippen molar-refractivity contribution in [1.29, 1.82) is 0 Å². The second-order valence-electron chi connectivity index (χ2n) is 6.26. The molecule has 0 aromatic heterocycles. The number of likely N-dealkylation sites (N-methyl/N-ethyl adjacent to an activating group) is 1. The number of carbonyl (C=O) groups excluding carboxylic acids is 1. The fraction of sp³-hybridized carbons (Fsp3) is 0.778. The summed E-state index contributed by atoms with van der Waals surface area (Å²) in [5.74, 6) is -1.39. The first kappa shape index (κ1) is 26.8. The van der Waals surface area contributed by atoms with Gasteiger partial charge < -0.3 is 10.0 Å². The topological polar surface area (TPSA) is 112 Å². The number of nitrogens with zero attached hydrogens (tertiary/aromatic N) is 1. The molecule has 7 nitrogen and oxygen atoms in total. The van der Waals surface area contributed by atoms with Crippen molar-refractivity contribution in [3.05, 3.63) is 12.7 Å². The fourth-order valence-corrected chi connectivity index (χ4v) is 2.52. The summed E-state index contributed by atoms with van der Waals surface area (Å²) in [5.41, 5.74) is 0. The van der Waals surface area contributed by atoms with Crippen molar-refractivity contribution in [1.82, 2.24) is 4.90 Å². The third-order valence-corrected chi connectivity index (χ3v) is 4.28. The van der Waals surface area contributed by atoms with Crippen LogP contribution in [0.3, 0.4) is 0 Å². The number of carbonyl (C=O) groups is 2. The summed E-state index contributed by atoms with van der Waals surface area (Å²) in [6.07, 6.45) is 12.6. The Labute approximate surface area is 158 Å². The van der Waals surface area contributed by atoms with Gasteiger partial charge in [0.2, 0.25) is 5.91 Å². The summed E-state index contributed by atoms with van der Waals surface area (Å²) >= 11 is 0.